The largest absolute Gasteiger partial charge is 0.439 e. The third-order valence-corrected chi connectivity index (χ3v) is 2.52. The average molecular weight is 235 g/mol. The van der Waals surface area contributed by atoms with E-state index in [4.69, 9.17) is 4.74 Å². The molecule has 1 atom stereocenters. The van der Waals surface area contributed by atoms with Gasteiger partial charge in [-0.3, -0.25) is 9.59 Å². The number of nitrogens with one attached hydrogen (secondary N) is 2. The van der Waals surface area contributed by atoms with Crippen LogP contribution in [0.15, 0.2) is 11.1 Å². The number of aromatic nitrogens is 4. The molecule has 0 amide bonds. The van der Waals surface area contributed by atoms with E-state index < -0.39 is 12.2 Å². The van der Waals surface area contributed by atoms with Gasteiger partial charge < -0.3 is 15.0 Å². The van der Waals surface area contributed by atoms with Gasteiger partial charge in [0.05, 0.1) is 12.9 Å². The zero-order chi connectivity index (χ0) is 12.0. The third kappa shape index (κ3) is 1.37. The normalized spacial score (nSPS) is 17.8. The maximum absolute atomic E-state index is 12.1. The number of rotatable bonds is 1. The maximum atomic E-state index is 12.1. The van der Waals surface area contributed by atoms with E-state index in [-0.39, 0.29) is 5.56 Å². The summed E-state index contributed by atoms with van der Waals surface area (Å²) < 4.78 is 6.34. The number of imidazole rings is 1. The van der Waals surface area contributed by atoms with Crippen LogP contribution in [0.1, 0.15) is 13.2 Å². The third-order valence-electron chi connectivity index (χ3n) is 2.52. The lowest BCUT2D eigenvalue weighted by molar-refractivity contribution is -0.149. The first-order valence-electron chi connectivity index (χ1n) is 5.03. The number of esters is 1. The smallest absolute Gasteiger partial charge is 0.304 e. The molecule has 3 heterocycles. The minimum absolute atomic E-state index is 0.301. The van der Waals surface area contributed by atoms with Gasteiger partial charge in [0.1, 0.15) is 0 Å². The van der Waals surface area contributed by atoms with Crippen LogP contribution in [0.2, 0.25) is 0 Å². The molecule has 0 saturated carbocycles. The van der Waals surface area contributed by atoms with Crippen LogP contribution < -0.4 is 10.9 Å². The van der Waals surface area contributed by atoms with Crippen LogP contribution in [0.3, 0.4) is 0 Å². The van der Waals surface area contributed by atoms with Crippen LogP contribution in [-0.2, 0) is 9.53 Å². The number of nitrogens with zero attached hydrogens (tertiary/aromatic N) is 3. The highest BCUT2D eigenvalue weighted by atomic mass is 16.6. The molecule has 1 unspecified atom stereocenters. The van der Waals surface area contributed by atoms with Crippen molar-refractivity contribution in [3.05, 3.63) is 16.7 Å². The molecule has 2 aromatic heterocycles. The van der Waals surface area contributed by atoms with Crippen molar-refractivity contribution in [3.8, 4) is 0 Å². The molecule has 1 aliphatic heterocycles. The van der Waals surface area contributed by atoms with Crippen molar-refractivity contribution in [3.63, 3.8) is 0 Å². The summed E-state index contributed by atoms with van der Waals surface area (Å²) in [5.41, 5.74) is 0.338. The Labute approximate surface area is 94.6 Å². The molecule has 0 aromatic carbocycles. The van der Waals surface area contributed by atoms with Gasteiger partial charge >= 0.3 is 5.97 Å². The summed E-state index contributed by atoms with van der Waals surface area (Å²) in [4.78, 5) is 33.8. The molecule has 2 N–H and O–H groups in total. The number of ether oxygens (including phenoxy) is 1. The van der Waals surface area contributed by atoms with Gasteiger partial charge in [-0.15, -0.1) is 0 Å². The van der Waals surface area contributed by atoms with Gasteiger partial charge in [-0.2, -0.15) is 4.98 Å². The molecule has 8 heteroatoms. The minimum Gasteiger partial charge on any atom is -0.439 e. The number of H-pyrrole nitrogens is 1. The first-order chi connectivity index (χ1) is 8.16. The highest BCUT2D eigenvalue weighted by Gasteiger charge is 2.28. The fourth-order valence-corrected chi connectivity index (χ4v) is 1.85. The van der Waals surface area contributed by atoms with Crippen molar-refractivity contribution in [2.75, 3.05) is 11.9 Å². The van der Waals surface area contributed by atoms with E-state index in [1.807, 2.05) is 0 Å². The number of aromatic amines is 1. The summed E-state index contributed by atoms with van der Waals surface area (Å²) >= 11 is 0. The van der Waals surface area contributed by atoms with Gasteiger partial charge in [0.25, 0.3) is 5.56 Å². The first-order valence-corrected chi connectivity index (χ1v) is 5.03. The number of hydrogen-bond acceptors (Lipinski definition) is 6. The Morgan fingerprint density at radius 3 is 3.24 bits per heavy atom. The molecule has 0 aliphatic carbocycles. The van der Waals surface area contributed by atoms with Gasteiger partial charge in [0, 0.05) is 6.92 Å². The second-order valence-electron chi connectivity index (χ2n) is 3.66. The van der Waals surface area contributed by atoms with Gasteiger partial charge in [-0.05, 0) is 0 Å². The lowest BCUT2D eigenvalue weighted by Gasteiger charge is -2.11. The lowest BCUT2D eigenvalue weighted by Crippen LogP contribution is -2.26. The van der Waals surface area contributed by atoms with Crippen LogP contribution in [0.25, 0.3) is 11.2 Å². The lowest BCUT2D eigenvalue weighted by atomic mass is 10.5. The van der Waals surface area contributed by atoms with Crippen LogP contribution in [-0.4, -0.2) is 32.0 Å². The Balaban J connectivity index is 2.19. The summed E-state index contributed by atoms with van der Waals surface area (Å²) in [6.07, 6.45) is 0.741. The zero-order valence-electron chi connectivity index (χ0n) is 8.93. The first kappa shape index (κ1) is 9.82. The number of fused-ring (bicyclic) bond motifs is 2. The Morgan fingerprint density at radius 1 is 1.65 bits per heavy atom. The molecule has 0 fully saturated rings. The fourth-order valence-electron chi connectivity index (χ4n) is 1.85. The van der Waals surface area contributed by atoms with Gasteiger partial charge in [0.15, 0.2) is 11.2 Å². The van der Waals surface area contributed by atoms with Crippen molar-refractivity contribution in [2.45, 2.75) is 13.2 Å². The Hall–Kier alpha value is -2.38. The molecule has 1 aliphatic rings. The van der Waals surface area contributed by atoms with E-state index in [0.717, 1.165) is 0 Å². The van der Waals surface area contributed by atoms with Gasteiger partial charge in [-0.25, -0.2) is 9.55 Å². The topological polar surface area (TPSA) is 102 Å². The number of anilines is 1. The second-order valence-corrected chi connectivity index (χ2v) is 3.66. The second kappa shape index (κ2) is 3.30. The summed E-state index contributed by atoms with van der Waals surface area (Å²) in [7, 11) is 0. The Morgan fingerprint density at radius 2 is 2.47 bits per heavy atom. The number of carbonyl (C=O) groups excluding carboxylic acids is 1. The number of hydrogen-bond donors (Lipinski definition) is 2. The molecule has 0 saturated heterocycles. The molecular formula is C9H9N5O3. The van der Waals surface area contributed by atoms with E-state index >= 15 is 0 Å². The highest BCUT2D eigenvalue weighted by molar-refractivity contribution is 5.71. The van der Waals surface area contributed by atoms with Crippen LogP contribution in [0.5, 0.6) is 0 Å². The van der Waals surface area contributed by atoms with Crippen molar-refractivity contribution in [1.82, 2.24) is 19.5 Å². The molecular weight excluding hydrogens is 226 g/mol. The predicted molar refractivity (Wildman–Crippen MR) is 57.4 cm³/mol. The van der Waals surface area contributed by atoms with Gasteiger partial charge in [-0.1, -0.05) is 0 Å². The zero-order valence-corrected chi connectivity index (χ0v) is 8.93. The monoisotopic (exact) mass is 235 g/mol. The summed E-state index contributed by atoms with van der Waals surface area (Å²) in [5, 5.41) is 2.90. The average Bonchev–Trinajstić information content (AvgIpc) is 2.85. The SMILES string of the molecule is CC(=O)OC1CNc2nc3nc[nH]c3c(=O)n21. The van der Waals surface area contributed by atoms with Crippen molar-refractivity contribution < 1.29 is 9.53 Å². The summed E-state index contributed by atoms with van der Waals surface area (Å²) in [6.45, 7) is 1.62. The fraction of sp³-hybridized carbons (Fsp3) is 0.333. The summed E-state index contributed by atoms with van der Waals surface area (Å²) in [6, 6.07) is 0. The molecule has 0 bridgehead atoms. The van der Waals surface area contributed by atoms with Gasteiger partial charge in [0.2, 0.25) is 12.2 Å². The highest BCUT2D eigenvalue weighted by Crippen LogP contribution is 2.21. The van der Waals surface area contributed by atoms with Crippen molar-refractivity contribution >= 4 is 23.1 Å². The summed E-state index contributed by atoms with van der Waals surface area (Å²) in [5.74, 6) is -0.0814. The minimum atomic E-state index is -0.657. The number of carbonyl (C=O) groups is 1. The van der Waals surface area contributed by atoms with E-state index in [0.29, 0.717) is 23.7 Å². The van der Waals surface area contributed by atoms with E-state index in [1.165, 1.54) is 17.8 Å². The molecule has 0 spiro atoms. The molecule has 88 valence electrons. The standard InChI is InChI=1S/C9H9N5O3/c1-4(15)17-5-2-10-9-13-7-6(11-3-12-7)8(16)14(5)9/h3,5H,2H2,1H3,(H,10,13)(H,11,12). The Bertz CT molecular complexity index is 658. The van der Waals surface area contributed by atoms with Crippen molar-refractivity contribution in [2.24, 2.45) is 0 Å². The quantitative estimate of drug-likeness (QED) is 0.652. The molecule has 17 heavy (non-hydrogen) atoms. The van der Waals surface area contributed by atoms with Crippen LogP contribution >= 0.6 is 0 Å². The molecule has 8 nitrogen and oxygen atoms in total. The Kier molecular flexibility index (Phi) is 1.91. The van der Waals surface area contributed by atoms with E-state index in [1.54, 1.807) is 0 Å². The predicted octanol–water partition coefficient (Wildman–Crippen LogP) is -0.393. The van der Waals surface area contributed by atoms with E-state index in [9.17, 15) is 9.59 Å². The van der Waals surface area contributed by atoms with E-state index in [2.05, 4.69) is 20.3 Å². The molecule has 3 rings (SSSR count). The van der Waals surface area contributed by atoms with Crippen molar-refractivity contribution in [1.29, 1.82) is 0 Å². The van der Waals surface area contributed by atoms with Crippen LogP contribution in [0, 0.1) is 0 Å². The maximum Gasteiger partial charge on any atom is 0.304 e. The van der Waals surface area contributed by atoms with Crippen LogP contribution in [0.4, 0.5) is 5.95 Å². The molecule has 2 aromatic rings. The molecule has 0 radical (unpaired) electrons.